The van der Waals surface area contributed by atoms with Crippen LogP contribution < -0.4 is 0 Å². The smallest absolute Gasteiger partial charge is 0.303 e. The van der Waals surface area contributed by atoms with Crippen molar-refractivity contribution in [2.24, 2.45) is 5.92 Å². The van der Waals surface area contributed by atoms with E-state index in [1.807, 2.05) is 38.2 Å². The van der Waals surface area contributed by atoms with E-state index >= 15 is 0 Å². The van der Waals surface area contributed by atoms with Crippen molar-refractivity contribution in [3.05, 3.63) is 24.3 Å². The van der Waals surface area contributed by atoms with Gasteiger partial charge in [0.15, 0.2) is 0 Å². The number of carbonyl (C=O) groups excluding carboxylic acids is 1. The average Bonchev–Trinajstić information content (AvgIpc) is 1.94. The molecule has 1 aliphatic rings. The second-order valence-corrected chi connectivity index (χ2v) is 3.31. The van der Waals surface area contributed by atoms with Gasteiger partial charge in [0.25, 0.3) is 0 Å². The predicted molar refractivity (Wildman–Crippen MR) is 47.6 cm³/mol. The van der Waals surface area contributed by atoms with Crippen LogP contribution >= 0.6 is 0 Å². The largest absolute Gasteiger partial charge is 0.455 e. The summed E-state index contributed by atoms with van der Waals surface area (Å²) in [6, 6.07) is 0. The van der Waals surface area contributed by atoms with E-state index in [0.29, 0.717) is 0 Å². The maximum Gasteiger partial charge on any atom is 0.303 e. The Bertz CT molecular complexity index is 240. The molecule has 66 valence electrons. The third-order valence-corrected chi connectivity index (χ3v) is 2.21. The first-order valence-corrected chi connectivity index (χ1v) is 4.10. The number of ether oxygens (including phenoxy) is 1. The van der Waals surface area contributed by atoms with E-state index in [4.69, 9.17) is 4.74 Å². The molecule has 0 aromatic rings. The average molecular weight is 166 g/mol. The molecule has 0 saturated heterocycles. The van der Waals surface area contributed by atoms with Gasteiger partial charge in [0, 0.05) is 12.8 Å². The highest BCUT2D eigenvalue weighted by Gasteiger charge is 2.31. The molecule has 0 aliphatic heterocycles. The standard InChI is InChI=1S/C10H14O2/c1-8-6-4-5-7-10(8,3)12-9(2)11/h4-8H,1-3H3. The second kappa shape index (κ2) is 3.13. The van der Waals surface area contributed by atoms with Crippen molar-refractivity contribution < 1.29 is 9.53 Å². The monoisotopic (exact) mass is 166 g/mol. The summed E-state index contributed by atoms with van der Waals surface area (Å²) in [6.45, 7) is 5.38. The van der Waals surface area contributed by atoms with E-state index in [0.717, 1.165) is 0 Å². The van der Waals surface area contributed by atoms with Gasteiger partial charge in [-0.3, -0.25) is 4.79 Å². The van der Waals surface area contributed by atoms with Crippen molar-refractivity contribution in [1.82, 2.24) is 0 Å². The van der Waals surface area contributed by atoms with Crippen molar-refractivity contribution in [3.8, 4) is 0 Å². The molecule has 0 bridgehead atoms. The van der Waals surface area contributed by atoms with Crippen LogP contribution in [0.5, 0.6) is 0 Å². The molecule has 0 amide bonds. The number of esters is 1. The zero-order valence-electron chi connectivity index (χ0n) is 7.70. The van der Waals surface area contributed by atoms with Gasteiger partial charge in [-0.05, 0) is 13.0 Å². The summed E-state index contributed by atoms with van der Waals surface area (Å²) in [5, 5.41) is 0. The SMILES string of the molecule is CC(=O)OC1(C)C=CC=CC1C. The van der Waals surface area contributed by atoms with Crippen molar-refractivity contribution in [1.29, 1.82) is 0 Å². The molecule has 0 radical (unpaired) electrons. The van der Waals surface area contributed by atoms with Crippen molar-refractivity contribution >= 4 is 5.97 Å². The summed E-state index contributed by atoms with van der Waals surface area (Å²) in [6.07, 6.45) is 7.82. The Morgan fingerprint density at radius 1 is 1.50 bits per heavy atom. The van der Waals surface area contributed by atoms with Crippen LogP contribution in [0.25, 0.3) is 0 Å². The lowest BCUT2D eigenvalue weighted by molar-refractivity contribution is -0.153. The third-order valence-electron chi connectivity index (χ3n) is 2.21. The Morgan fingerprint density at radius 2 is 2.17 bits per heavy atom. The van der Waals surface area contributed by atoms with Gasteiger partial charge in [0.05, 0.1) is 0 Å². The molecule has 2 atom stereocenters. The summed E-state index contributed by atoms with van der Waals surface area (Å²) in [7, 11) is 0. The van der Waals surface area contributed by atoms with Crippen molar-refractivity contribution in [2.45, 2.75) is 26.4 Å². The Kier molecular flexibility index (Phi) is 2.36. The molecule has 0 saturated carbocycles. The van der Waals surface area contributed by atoms with E-state index in [1.54, 1.807) is 0 Å². The van der Waals surface area contributed by atoms with Crippen LogP contribution in [-0.4, -0.2) is 11.6 Å². The van der Waals surface area contributed by atoms with Gasteiger partial charge < -0.3 is 4.74 Å². The zero-order chi connectivity index (χ0) is 9.19. The lowest BCUT2D eigenvalue weighted by Gasteiger charge is -2.31. The normalized spacial score (nSPS) is 33.4. The minimum atomic E-state index is -0.458. The summed E-state index contributed by atoms with van der Waals surface area (Å²) in [5.41, 5.74) is -0.458. The Labute approximate surface area is 72.9 Å². The Balaban J connectivity index is 2.76. The van der Waals surface area contributed by atoms with Crippen LogP contribution in [0.3, 0.4) is 0 Å². The topological polar surface area (TPSA) is 26.3 Å². The number of allylic oxidation sites excluding steroid dienone is 2. The molecule has 0 N–H and O–H groups in total. The molecule has 2 heteroatoms. The quantitative estimate of drug-likeness (QED) is 0.557. The van der Waals surface area contributed by atoms with E-state index in [1.165, 1.54) is 6.92 Å². The molecular formula is C10H14O2. The van der Waals surface area contributed by atoms with Crippen LogP contribution in [0.2, 0.25) is 0 Å². The van der Waals surface area contributed by atoms with Crippen LogP contribution in [0.1, 0.15) is 20.8 Å². The maximum absolute atomic E-state index is 10.8. The predicted octanol–water partition coefficient (Wildman–Crippen LogP) is 2.07. The van der Waals surface area contributed by atoms with Gasteiger partial charge >= 0.3 is 5.97 Å². The van der Waals surface area contributed by atoms with Crippen molar-refractivity contribution in [2.75, 3.05) is 0 Å². The first kappa shape index (κ1) is 9.04. The molecular weight excluding hydrogens is 152 g/mol. The van der Waals surface area contributed by atoms with Crippen molar-refractivity contribution in [3.63, 3.8) is 0 Å². The summed E-state index contributed by atoms with van der Waals surface area (Å²) < 4.78 is 5.21. The lowest BCUT2D eigenvalue weighted by Crippen LogP contribution is -2.35. The van der Waals surface area contributed by atoms with Crippen LogP contribution in [0, 0.1) is 5.92 Å². The second-order valence-electron chi connectivity index (χ2n) is 3.31. The Morgan fingerprint density at radius 3 is 2.67 bits per heavy atom. The molecule has 1 aliphatic carbocycles. The Hall–Kier alpha value is -1.05. The fourth-order valence-corrected chi connectivity index (χ4v) is 1.26. The van der Waals surface area contributed by atoms with E-state index in [9.17, 15) is 4.79 Å². The molecule has 2 unspecified atom stereocenters. The highest BCUT2D eigenvalue weighted by Crippen LogP contribution is 2.27. The highest BCUT2D eigenvalue weighted by molar-refractivity contribution is 5.67. The summed E-state index contributed by atoms with van der Waals surface area (Å²) in [5.74, 6) is 0.00991. The molecule has 0 spiro atoms. The minimum absolute atomic E-state index is 0.232. The summed E-state index contributed by atoms with van der Waals surface area (Å²) >= 11 is 0. The van der Waals surface area contributed by atoms with Gasteiger partial charge in [0.1, 0.15) is 5.60 Å². The first-order valence-electron chi connectivity index (χ1n) is 4.10. The number of hydrogen-bond donors (Lipinski definition) is 0. The van der Waals surface area contributed by atoms with E-state index < -0.39 is 5.60 Å². The van der Waals surface area contributed by atoms with Gasteiger partial charge in [-0.25, -0.2) is 0 Å². The number of carbonyl (C=O) groups is 1. The fourth-order valence-electron chi connectivity index (χ4n) is 1.26. The number of hydrogen-bond acceptors (Lipinski definition) is 2. The molecule has 2 nitrogen and oxygen atoms in total. The molecule has 12 heavy (non-hydrogen) atoms. The van der Waals surface area contributed by atoms with Crippen LogP contribution in [0.15, 0.2) is 24.3 Å². The highest BCUT2D eigenvalue weighted by atomic mass is 16.6. The molecule has 0 fully saturated rings. The molecule has 0 aromatic carbocycles. The third kappa shape index (κ3) is 1.76. The summed E-state index contributed by atoms with van der Waals surface area (Å²) in [4.78, 5) is 10.8. The van der Waals surface area contributed by atoms with Crippen LogP contribution in [0.4, 0.5) is 0 Å². The van der Waals surface area contributed by atoms with Crippen LogP contribution in [-0.2, 0) is 9.53 Å². The van der Waals surface area contributed by atoms with E-state index in [-0.39, 0.29) is 11.9 Å². The minimum Gasteiger partial charge on any atom is -0.455 e. The van der Waals surface area contributed by atoms with Gasteiger partial charge in [-0.2, -0.15) is 0 Å². The maximum atomic E-state index is 10.8. The van der Waals surface area contributed by atoms with Gasteiger partial charge in [-0.15, -0.1) is 0 Å². The van der Waals surface area contributed by atoms with Gasteiger partial charge in [-0.1, -0.05) is 25.2 Å². The van der Waals surface area contributed by atoms with E-state index in [2.05, 4.69) is 0 Å². The fraction of sp³-hybridized carbons (Fsp3) is 0.500. The molecule has 0 heterocycles. The van der Waals surface area contributed by atoms with Gasteiger partial charge in [0.2, 0.25) is 0 Å². The molecule has 1 rings (SSSR count). The first-order chi connectivity index (χ1) is 5.54. The zero-order valence-corrected chi connectivity index (χ0v) is 7.70. The number of rotatable bonds is 1. The lowest BCUT2D eigenvalue weighted by atomic mass is 9.87. The molecule has 0 aromatic heterocycles.